The maximum atomic E-state index is 2.46. The fourth-order valence-corrected chi connectivity index (χ4v) is 3.63. The van der Waals surface area contributed by atoms with E-state index < -0.39 is 0 Å². The molecular weight excluding hydrogens is 360 g/mol. The van der Waals surface area contributed by atoms with Gasteiger partial charge in [-0.1, -0.05) is 71.6 Å². The minimum Gasteiger partial charge on any atom is -0.0859 e. The lowest BCUT2D eigenvalue weighted by Gasteiger charge is -2.10. The quantitative estimate of drug-likeness (QED) is 0.175. The first kappa shape index (κ1) is 28.7. The zero-order valence-corrected chi connectivity index (χ0v) is 21.7. The van der Waals surface area contributed by atoms with Gasteiger partial charge in [0.1, 0.15) is 0 Å². The summed E-state index contributed by atoms with van der Waals surface area (Å²) in [5.41, 5.74) is 7.53. The number of allylic oxidation sites excluding steroid dienone is 10. The van der Waals surface area contributed by atoms with Crippen molar-refractivity contribution in [2.75, 3.05) is 0 Å². The Morgan fingerprint density at radius 2 is 0.933 bits per heavy atom. The van der Waals surface area contributed by atoms with Gasteiger partial charge in [0.05, 0.1) is 0 Å². The molecule has 0 bridgehead atoms. The predicted octanol–water partition coefficient (Wildman–Crippen LogP) is 10.7. The Labute approximate surface area is 190 Å². The second-order valence-corrected chi connectivity index (χ2v) is 9.94. The van der Waals surface area contributed by atoms with Crippen molar-refractivity contribution in [1.29, 1.82) is 0 Å². The van der Waals surface area contributed by atoms with Crippen LogP contribution in [-0.4, -0.2) is 0 Å². The molecule has 0 heteroatoms. The second kappa shape index (κ2) is 18.5. The third kappa shape index (κ3) is 20.0. The van der Waals surface area contributed by atoms with E-state index in [4.69, 9.17) is 0 Å². The van der Waals surface area contributed by atoms with Crippen molar-refractivity contribution < 1.29 is 0 Å². The molecule has 0 N–H and O–H groups in total. The Kier molecular flexibility index (Phi) is 17.7. The monoisotopic (exact) mass is 412 g/mol. The molecule has 172 valence electrons. The molecule has 0 aromatic heterocycles. The average Bonchev–Trinajstić information content (AvgIpc) is 2.64. The van der Waals surface area contributed by atoms with Crippen LogP contribution in [0.4, 0.5) is 0 Å². The van der Waals surface area contributed by atoms with Crippen molar-refractivity contribution in [3.05, 3.63) is 58.2 Å². The van der Waals surface area contributed by atoms with Gasteiger partial charge in [-0.05, 0) is 119 Å². The Morgan fingerprint density at radius 3 is 1.47 bits per heavy atom. The number of hydrogen-bond acceptors (Lipinski definition) is 0. The van der Waals surface area contributed by atoms with E-state index in [9.17, 15) is 0 Å². The van der Waals surface area contributed by atoms with Gasteiger partial charge in [0.15, 0.2) is 0 Å². The molecule has 0 amide bonds. The van der Waals surface area contributed by atoms with Gasteiger partial charge in [-0.15, -0.1) is 0 Å². The largest absolute Gasteiger partial charge is 0.0859 e. The highest BCUT2D eigenvalue weighted by molar-refractivity contribution is 5.06. The fourth-order valence-electron chi connectivity index (χ4n) is 3.63. The predicted molar refractivity (Wildman–Crippen MR) is 140 cm³/mol. The Balaban J connectivity index is 3.95. The molecule has 0 rings (SSSR count). The molecule has 1 unspecified atom stereocenters. The van der Waals surface area contributed by atoms with Gasteiger partial charge < -0.3 is 0 Å². The minimum absolute atomic E-state index is 0.851. The molecule has 0 aliphatic carbocycles. The lowest BCUT2D eigenvalue weighted by molar-refractivity contribution is 0.478. The summed E-state index contributed by atoms with van der Waals surface area (Å²) in [6.07, 6.45) is 25.8. The Morgan fingerprint density at radius 1 is 0.500 bits per heavy atom. The SMILES string of the molecule is CC(C)=CCCC(C)=CCCC(C)=CCCC=C(C)CCCC(C)CCC=C(C)C. The van der Waals surface area contributed by atoms with Crippen molar-refractivity contribution in [3.63, 3.8) is 0 Å². The van der Waals surface area contributed by atoms with Crippen molar-refractivity contribution in [2.24, 2.45) is 5.92 Å². The first-order chi connectivity index (χ1) is 14.2. The molecule has 0 heterocycles. The second-order valence-electron chi connectivity index (χ2n) is 9.94. The molecule has 30 heavy (non-hydrogen) atoms. The van der Waals surface area contributed by atoms with Crippen LogP contribution in [0.15, 0.2) is 58.2 Å². The Bertz CT molecular complexity index is 584. The molecular formula is C30H52. The van der Waals surface area contributed by atoms with E-state index in [1.807, 2.05) is 0 Å². The molecule has 0 spiro atoms. The number of hydrogen-bond donors (Lipinski definition) is 0. The third-order valence-electron chi connectivity index (χ3n) is 5.76. The smallest absolute Gasteiger partial charge is 0.0288 e. The zero-order chi connectivity index (χ0) is 22.8. The van der Waals surface area contributed by atoms with E-state index in [0.717, 1.165) is 5.92 Å². The molecule has 0 radical (unpaired) electrons. The van der Waals surface area contributed by atoms with E-state index in [-0.39, 0.29) is 0 Å². The van der Waals surface area contributed by atoms with E-state index >= 15 is 0 Å². The third-order valence-corrected chi connectivity index (χ3v) is 5.76. The molecule has 0 aromatic carbocycles. The summed E-state index contributed by atoms with van der Waals surface area (Å²) in [6.45, 7) is 18.0. The van der Waals surface area contributed by atoms with Crippen molar-refractivity contribution in [3.8, 4) is 0 Å². The fraction of sp³-hybridized carbons (Fsp3) is 0.667. The zero-order valence-electron chi connectivity index (χ0n) is 21.7. The van der Waals surface area contributed by atoms with E-state index in [1.165, 1.54) is 87.3 Å². The standard InChI is InChI=1S/C30H52/c1-25(2)15-11-19-29(7)23-13-21-27(5)17-9-10-18-28(6)22-14-24-30(8)20-12-16-26(3)4/h15-18,23,30H,9-14,19-22,24H2,1-8H3. The van der Waals surface area contributed by atoms with Crippen LogP contribution >= 0.6 is 0 Å². The summed E-state index contributed by atoms with van der Waals surface area (Å²) in [5.74, 6) is 0.851. The van der Waals surface area contributed by atoms with Gasteiger partial charge in [0.2, 0.25) is 0 Å². The first-order valence-corrected chi connectivity index (χ1v) is 12.4. The number of rotatable bonds is 16. The average molecular weight is 413 g/mol. The molecule has 0 aliphatic rings. The molecule has 0 aromatic rings. The highest BCUT2D eigenvalue weighted by atomic mass is 14.1. The summed E-state index contributed by atoms with van der Waals surface area (Å²) in [4.78, 5) is 0. The normalized spacial score (nSPS) is 13.9. The number of unbranched alkanes of at least 4 members (excludes halogenated alkanes) is 1. The molecule has 0 saturated carbocycles. The van der Waals surface area contributed by atoms with Crippen LogP contribution in [0.25, 0.3) is 0 Å². The van der Waals surface area contributed by atoms with Crippen molar-refractivity contribution in [1.82, 2.24) is 0 Å². The summed E-state index contributed by atoms with van der Waals surface area (Å²) >= 11 is 0. The lowest BCUT2D eigenvalue weighted by Crippen LogP contribution is -1.94. The van der Waals surface area contributed by atoms with Crippen LogP contribution in [0.5, 0.6) is 0 Å². The van der Waals surface area contributed by atoms with Crippen LogP contribution < -0.4 is 0 Å². The molecule has 1 atom stereocenters. The van der Waals surface area contributed by atoms with Gasteiger partial charge in [-0.25, -0.2) is 0 Å². The van der Waals surface area contributed by atoms with Crippen LogP contribution in [-0.2, 0) is 0 Å². The van der Waals surface area contributed by atoms with Crippen LogP contribution in [0, 0.1) is 5.92 Å². The van der Waals surface area contributed by atoms with Gasteiger partial charge in [0.25, 0.3) is 0 Å². The maximum absolute atomic E-state index is 2.46. The van der Waals surface area contributed by atoms with Gasteiger partial charge in [-0.2, -0.15) is 0 Å². The van der Waals surface area contributed by atoms with Gasteiger partial charge in [0, 0.05) is 0 Å². The van der Waals surface area contributed by atoms with E-state index in [0.29, 0.717) is 0 Å². The van der Waals surface area contributed by atoms with Gasteiger partial charge >= 0.3 is 0 Å². The van der Waals surface area contributed by atoms with Crippen molar-refractivity contribution >= 4 is 0 Å². The van der Waals surface area contributed by atoms with Crippen molar-refractivity contribution in [2.45, 2.75) is 126 Å². The maximum Gasteiger partial charge on any atom is -0.0288 e. The minimum atomic E-state index is 0.851. The van der Waals surface area contributed by atoms with E-state index in [2.05, 4.69) is 85.8 Å². The van der Waals surface area contributed by atoms with Crippen LogP contribution in [0.1, 0.15) is 126 Å². The molecule has 0 aliphatic heterocycles. The summed E-state index contributed by atoms with van der Waals surface area (Å²) in [5, 5.41) is 0. The highest BCUT2D eigenvalue weighted by Gasteiger charge is 2.01. The highest BCUT2D eigenvalue weighted by Crippen LogP contribution is 2.18. The topological polar surface area (TPSA) is 0 Å². The molecule has 0 nitrogen and oxygen atoms in total. The first-order valence-electron chi connectivity index (χ1n) is 12.4. The molecule has 0 fully saturated rings. The summed E-state index contributed by atoms with van der Waals surface area (Å²) < 4.78 is 0. The lowest BCUT2D eigenvalue weighted by atomic mass is 9.96. The van der Waals surface area contributed by atoms with Gasteiger partial charge in [-0.3, -0.25) is 0 Å². The van der Waals surface area contributed by atoms with Crippen LogP contribution in [0.3, 0.4) is 0 Å². The van der Waals surface area contributed by atoms with E-state index in [1.54, 1.807) is 11.1 Å². The Hall–Kier alpha value is -1.30. The summed E-state index contributed by atoms with van der Waals surface area (Å²) in [7, 11) is 0. The molecule has 0 saturated heterocycles. The summed E-state index contributed by atoms with van der Waals surface area (Å²) in [6, 6.07) is 0. The van der Waals surface area contributed by atoms with Crippen LogP contribution in [0.2, 0.25) is 0 Å².